The SMILES string of the molecule is CC(C)(C)OC(=O)Nc1ccc(F)cc1NC(=O)Cc1ccc(Br)cc1. The van der Waals surface area contributed by atoms with Crippen molar-refractivity contribution in [2.45, 2.75) is 32.8 Å². The molecule has 0 bridgehead atoms. The van der Waals surface area contributed by atoms with Gasteiger partial charge in [-0.25, -0.2) is 9.18 Å². The summed E-state index contributed by atoms with van der Waals surface area (Å²) in [6.45, 7) is 5.20. The molecule has 0 spiro atoms. The largest absolute Gasteiger partial charge is 0.444 e. The average molecular weight is 423 g/mol. The summed E-state index contributed by atoms with van der Waals surface area (Å²) in [7, 11) is 0. The summed E-state index contributed by atoms with van der Waals surface area (Å²) in [5.41, 5.74) is 0.557. The van der Waals surface area contributed by atoms with E-state index in [0.717, 1.165) is 16.1 Å². The van der Waals surface area contributed by atoms with Crippen LogP contribution >= 0.6 is 15.9 Å². The van der Waals surface area contributed by atoms with Crippen molar-refractivity contribution in [2.75, 3.05) is 10.6 Å². The number of carbonyl (C=O) groups is 2. The van der Waals surface area contributed by atoms with Gasteiger partial charge in [-0.1, -0.05) is 28.1 Å². The van der Waals surface area contributed by atoms with Gasteiger partial charge >= 0.3 is 6.09 Å². The Bertz CT molecular complexity index is 801. The number of anilines is 2. The number of ether oxygens (including phenoxy) is 1. The van der Waals surface area contributed by atoms with Crippen molar-refractivity contribution >= 4 is 39.3 Å². The molecule has 2 aromatic carbocycles. The minimum atomic E-state index is -0.687. The quantitative estimate of drug-likeness (QED) is 0.718. The molecule has 0 atom stereocenters. The molecule has 0 saturated carbocycles. The Balaban J connectivity index is 2.10. The summed E-state index contributed by atoms with van der Waals surface area (Å²) >= 11 is 3.33. The first-order valence-electron chi connectivity index (χ1n) is 7.96. The number of rotatable bonds is 4. The van der Waals surface area contributed by atoms with Crippen LogP contribution in [0.15, 0.2) is 46.9 Å². The molecule has 26 heavy (non-hydrogen) atoms. The van der Waals surface area contributed by atoms with Gasteiger partial charge in [0.25, 0.3) is 0 Å². The molecule has 2 rings (SSSR count). The van der Waals surface area contributed by atoms with Gasteiger partial charge in [-0.3, -0.25) is 10.1 Å². The standard InChI is InChI=1S/C19H20BrFN2O3/c1-19(2,3)26-18(25)23-15-9-8-14(21)11-16(15)22-17(24)10-12-4-6-13(20)7-5-12/h4-9,11H,10H2,1-3H3,(H,22,24)(H,23,25). The van der Waals surface area contributed by atoms with Gasteiger partial charge in [-0.2, -0.15) is 0 Å². The second-order valence-electron chi connectivity index (χ2n) is 6.67. The third kappa shape index (κ3) is 6.48. The molecule has 138 valence electrons. The molecular formula is C19H20BrFN2O3. The van der Waals surface area contributed by atoms with Crippen molar-refractivity contribution in [3.05, 3.63) is 58.3 Å². The van der Waals surface area contributed by atoms with Crippen molar-refractivity contribution < 1.29 is 18.7 Å². The highest BCUT2D eigenvalue weighted by Gasteiger charge is 2.18. The first kappa shape index (κ1) is 19.9. The van der Waals surface area contributed by atoms with E-state index in [9.17, 15) is 14.0 Å². The van der Waals surface area contributed by atoms with Crippen molar-refractivity contribution in [3.63, 3.8) is 0 Å². The maximum atomic E-state index is 13.6. The highest BCUT2D eigenvalue weighted by molar-refractivity contribution is 9.10. The lowest BCUT2D eigenvalue weighted by Crippen LogP contribution is -2.27. The molecule has 0 aliphatic carbocycles. The van der Waals surface area contributed by atoms with Crippen LogP contribution < -0.4 is 10.6 Å². The Morgan fingerprint density at radius 2 is 1.69 bits per heavy atom. The van der Waals surface area contributed by atoms with Gasteiger partial charge in [0.1, 0.15) is 11.4 Å². The van der Waals surface area contributed by atoms with E-state index in [0.29, 0.717) is 0 Å². The first-order chi connectivity index (χ1) is 12.1. The predicted octanol–water partition coefficient (Wildman–Crippen LogP) is 5.12. The number of nitrogens with one attached hydrogen (secondary N) is 2. The van der Waals surface area contributed by atoms with Crippen molar-refractivity contribution in [1.29, 1.82) is 0 Å². The molecule has 0 unspecified atom stereocenters. The molecule has 2 amide bonds. The van der Waals surface area contributed by atoms with Crippen LogP contribution in [0, 0.1) is 5.82 Å². The Hall–Kier alpha value is -2.41. The zero-order valence-electron chi connectivity index (χ0n) is 14.7. The molecule has 0 fully saturated rings. The average Bonchev–Trinajstić information content (AvgIpc) is 2.50. The fourth-order valence-electron chi connectivity index (χ4n) is 2.12. The maximum absolute atomic E-state index is 13.6. The van der Waals surface area contributed by atoms with Crippen LogP contribution in [-0.4, -0.2) is 17.6 Å². The summed E-state index contributed by atoms with van der Waals surface area (Å²) in [5, 5.41) is 5.14. The van der Waals surface area contributed by atoms with E-state index >= 15 is 0 Å². The highest BCUT2D eigenvalue weighted by atomic mass is 79.9. The summed E-state index contributed by atoms with van der Waals surface area (Å²) in [6, 6.07) is 11.0. The zero-order chi connectivity index (χ0) is 19.3. The number of hydrogen-bond donors (Lipinski definition) is 2. The molecule has 2 aromatic rings. The van der Waals surface area contributed by atoms with E-state index in [-0.39, 0.29) is 23.7 Å². The topological polar surface area (TPSA) is 67.4 Å². The van der Waals surface area contributed by atoms with Crippen LogP contribution in [-0.2, 0) is 16.0 Å². The van der Waals surface area contributed by atoms with Crippen LogP contribution in [0.25, 0.3) is 0 Å². The normalized spacial score (nSPS) is 11.0. The highest BCUT2D eigenvalue weighted by Crippen LogP contribution is 2.24. The molecule has 0 heterocycles. The molecule has 2 N–H and O–H groups in total. The van der Waals surface area contributed by atoms with Gasteiger partial charge in [0, 0.05) is 4.47 Å². The van der Waals surface area contributed by atoms with Crippen LogP contribution in [0.4, 0.5) is 20.6 Å². The monoisotopic (exact) mass is 422 g/mol. The smallest absolute Gasteiger partial charge is 0.412 e. The number of carbonyl (C=O) groups excluding carboxylic acids is 2. The second kappa shape index (κ2) is 8.31. The van der Waals surface area contributed by atoms with Crippen LogP contribution in [0.3, 0.4) is 0 Å². The summed E-state index contributed by atoms with van der Waals surface area (Å²) in [5.74, 6) is -0.858. The molecule has 0 aromatic heterocycles. The van der Waals surface area contributed by atoms with Gasteiger partial charge in [-0.05, 0) is 56.7 Å². The Kier molecular flexibility index (Phi) is 6.37. The van der Waals surface area contributed by atoms with Crippen LogP contribution in [0.5, 0.6) is 0 Å². The second-order valence-corrected chi connectivity index (χ2v) is 7.58. The first-order valence-corrected chi connectivity index (χ1v) is 8.75. The van der Waals surface area contributed by atoms with Crippen molar-refractivity contribution in [1.82, 2.24) is 0 Å². The number of benzene rings is 2. The Morgan fingerprint density at radius 3 is 2.31 bits per heavy atom. The van der Waals surface area contributed by atoms with Gasteiger partial charge in [0.05, 0.1) is 17.8 Å². The minimum absolute atomic E-state index is 0.121. The van der Waals surface area contributed by atoms with Gasteiger partial charge < -0.3 is 10.1 Å². The van der Waals surface area contributed by atoms with Crippen LogP contribution in [0.2, 0.25) is 0 Å². The van der Waals surface area contributed by atoms with Crippen LogP contribution in [0.1, 0.15) is 26.3 Å². The third-order valence-corrected chi connectivity index (χ3v) is 3.70. The molecular weight excluding hydrogens is 403 g/mol. The maximum Gasteiger partial charge on any atom is 0.412 e. The molecule has 7 heteroatoms. The Morgan fingerprint density at radius 1 is 1.04 bits per heavy atom. The lowest BCUT2D eigenvalue weighted by molar-refractivity contribution is -0.115. The number of hydrogen-bond acceptors (Lipinski definition) is 3. The number of amides is 2. The fourth-order valence-corrected chi connectivity index (χ4v) is 2.39. The van der Waals surface area contributed by atoms with E-state index in [2.05, 4.69) is 26.6 Å². The molecule has 0 radical (unpaired) electrons. The molecule has 5 nitrogen and oxygen atoms in total. The van der Waals surface area contributed by atoms with E-state index in [1.165, 1.54) is 12.1 Å². The van der Waals surface area contributed by atoms with E-state index in [1.807, 2.05) is 24.3 Å². The fraction of sp³-hybridized carbons (Fsp3) is 0.263. The van der Waals surface area contributed by atoms with E-state index in [4.69, 9.17) is 4.74 Å². The summed E-state index contributed by atoms with van der Waals surface area (Å²) in [4.78, 5) is 24.2. The minimum Gasteiger partial charge on any atom is -0.444 e. The molecule has 0 aliphatic rings. The lowest BCUT2D eigenvalue weighted by atomic mass is 10.1. The summed E-state index contributed by atoms with van der Waals surface area (Å²) < 4.78 is 19.7. The molecule has 0 aliphatic heterocycles. The van der Waals surface area contributed by atoms with Gasteiger partial charge in [0.2, 0.25) is 5.91 Å². The number of halogens is 2. The molecule has 0 saturated heterocycles. The van der Waals surface area contributed by atoms with Crippen molar-refractivity contribution in [3.8, 4) is 0 Å². The van der Waals surface area contributed by atoms with E-state index < -0.39 is 17.5 Å². The van der Waals surface area contributed by atoms with Gasteiger partial charge in [0.15, 0.2) is 0 Å². The predicted molar refractivity (Wildman–Crippen MR) is 103 cm³/mol. The summed E-state index contributed by atoms with van der Waals surface area (Å²) in [6.07, 6.45) is -0.567. The lowest BCUT2D eigenvalue weighted by Gasteiger charge is -2.20. The zero-order valence-corrected chi connectivity index (χ0v) is 16.3. The Labute approximate surface area is 160 Å². The third-order valence-electron chi connectivity index (χ3n) is 3.17. The van der Waals surface area contributed by atoms with Gasteiger partial charge in [-0.15, -0.1) is 0 Å². The van der Waals surface area contributed by atoms with Crippen molar-refractivity contribution in [2.24, 2.45) is 0 Å². The van der Waals surface area contributed by atoms with E-state index in [1.54, 1.807) is 20.8 Å².